The molecule has 1 aromatic heterocycles. The summed E-state index contributed by atoms with van der Waals surface area (Å²) in [5.41, 5.74) is 0.488. The number of carbonyl (C=O) groups excluding carboxylic acids is 1. The summed E-state index contributed by atoms with van der Waals surface area (Å²) >= 11 is 0. The van der Waals surface area contributed by atoms with Gasteiger partial charge in [0, 0.05) is 24.5 Å². The van der Waals surface area contributed by atoms with Crippen molar-refractivity contribution >= 4 is 5.91 Å². The third kappa shape index (κ3) is 4.36. The molecule has 2 N–H and O–H groups in total. The Labute approximate surface area is 145 Å². The summed E-state index contributed by atoms with van der Waals surface area (Å²) in [6.07, 6.45) is 6.11. The van der Waals surface area contributed by atoms with Gasteiger partial charge in [-0.25, -0.2) is 9.37 Å². The van der Waals surface area contributed by atoms with E-state index in [4.69, 9.17) is 4.74 Å². The van der Waals surface area contributed by atoms with Crippen LogP contribution >= 0.6 is 0 Å². The second-order valence-electron chi connectivity index (χ2n) is 6.47. The number of rotatable bonds is 6. The highest BCUT2D eigenvalue weighted by molar-refractivity contribution is 5.79. The maximum Gasteiger partial charge on any atom is 0.224 e. The van der Waals surface area contributed by atoms with E-state index in [2.05, 4.69) is 10.3 Å². The van der Waals surface area contributed by atoms with Crippen molar-refractivity contribution in [1.82, 2.24) is 14.9 Å². The Hall–Kier alpha value is -2.41. The fraction of sp³-hybridized carbons (Fsp3) is 0.444. The van der Waals surface area contributed by atoms with Gasteiger partial charge in [0.05, 0.1) is 32.0 Å². The van der Waals surface area contributed by atoms with E-state index < -0.39 is 11.9 Å². The van der Waals surface area contributed by atoms with Gasteiger partial charge in [0.1, 0.15) is 11.6 Å². The van der Waals surface area contributed by atoms with Crippen molar-refractivity contribution in [2.75, 3.05) is 7.11 Å². The summed E-state index contributed by atoms with van der Waals surface area (Å²) in [6, 6.07) is 3.80. The molecule has 1 aliphatic carbocycles. The first kappa shape index (κ1) is 17.4. The predicted octanol–water partition coefficient (Wildman–Crippen LogP) is 1.53. The van der Waals surface area contributed by atoms with E-state index in [9.17, 15) is 14.3 Å². The SMILES string of the molecule is COc1ccc(F)cc1CC(=O)N[C@@H]1CC(Cn2ccnc2)C[C@H]1O. The molecule has 134 valence electrons. The minimum atomic E-state index is -0.577. The van der Waals surface area contributed by atoms with Gasteiger partial charge in [-0.3, -0.25) is 4.79 Å². The van der Waals surface area contributed by atoms with Gasteiger partial charge < -0.3 is 19.7 Å². The Kier molecular flexibility index (Phi) is 5.33. The molecule has 1 amide bonds. The van der Waals surface area contributed by atoms with Crippen molar-refractivity contribution in [3.63, 3.8) is 0 Å². The van der Waals surface area contributed by atoms with Gasteiger partial charge >= 0.3 is 0 Å². The van der Waals surface area contributed by atoms with Gasteiger partial charge in [0.2, 0.25) is 5.91 Å². The molecule has 0 aliphatic heterocycles. The number of hydrogen-bond acceptors (Lipinski definition) is 4. The third-order valence-corrected chi connectivity index (χ3v) is 4.59. The Morgan fingerprint density at radius 1 is 1.48 bits per heavy atom. The van der Waals surface area contributed by atoms with Crippen LogP contribution in [0.5, 0.6) is 5.75 Å². The normalized spacial score (nSPS) is 22.8. The highest BCUT2D eigenvalue weighted by Gasteiger charge is 2.34. The van der Waals surface area contributed by atoms with Gasteiger partial charge in [-0.15, -0.1) is 0 Å². The highest BCUT2D eigenvalue weighted by atomic mass is 19.1. The molecule has 1 aromatic carbocycles. The Morgan fingerprint density at radius 2 is 2.32 bits per heavy atom. The molecule has 0 spiro atoms. The molecule has 1 saturated carbocycles. The van der Waals surface area contributed by atoms with Gasteiger partial charge in [0.15, 0.2) is 0 Å². The number of halogens is 1. The lowest BCUT2D eigenvalue weighted by atomic mass is 10.1. The van der Waals surface area contributed by atoms with E-state index in [1.165, 1.54) is 25.3 Å². The monoisotopic (exact) mass is 347 g/mol. The van der Waals surface area contributed by atoms with E-state index in [-0.39, 0.29) is 24.3 Å². The molecule has 3 atom stereocenters. The number of aromatic nitrogens is 2. The molecule has 25 heavy (non-hydrogen) atoms. The third-order valence-electron chi connectivity index (χ3n) is 4.59. The number of imidazole rings is 1. The average Bonchev–Trinajstić information content (AvgIpc) is 3.18. The van der Waals surface area contributed by atoms with E-state index in [1.807, 2.05) is 10.8 Å². The molecule has 0 bridgehead atoms. The first-order valence-electron chi connectivity index (χ1n) is 8.30. The molecule has 1 fully saturated rings. The summed E-state index contributed by atoms with van der Waals surface area (Å²) < 4.78 is 20.5. The average molecular weight is 347 g/mol. The van der Waals surface area contributed by atoms with E-state index in [0.29, 0.717) is 24.2 Å². The smallest absolute Gasteiger partial charge is 0.224 e. The first-order valence-corrected chi connectivity index (χ1v) is 8.30. The topological polar surface area (TPSA) is 76.4 Å². The number of methoxy groups -OCH3 is 1. The summed E-state index contributed by atoms with van der Waals surface area (Å²) in [5, 5.41) is 13.1. The number of aliphatic hydroxyl groups is 1. The second-order valence-corrected chi connectivity index (χ2v) is 6.47. The van der Waals surface area contributed by atoms with Gasteiger partial charge in [0.25, 0.3) is 0 Å². The van der Waals surface area contributed by atoms with Crippen LogP contribution in [0.1, 0.15) is 18.4 Å². The van der Waals surface area contributed by atoms with Crippen LogP contribution in [0.3, 0.4) is 0 Å². The molecule has 3 rings (SSSR count). The zero-order chi connectivity index (χ0) is 17.8. The maximum atomic E-state index is 13.4. The molecule has 0 radical (unpaired) electrons. The molecule has 0 saturated heterocycles. The van der Waals surface area contributed by atoms with Gasteiger partial charge in [-0.2, -0.15) is 0 Å². The van der Waals surface area contributed by atoms with Crippen LogP contribution in [0.15, 0.2) is 36.9 Å². The number of carbonyl (C=O) groups is 1. The lowest BCUT2D eigenvalue weighted by molar-refractivity contribution is -0.121. The van der Waals surface area contributed by atoms with Crippen molar-refractivity contribution in [1.29, 1.82) is 0 Å². The lowest BCUT2D eigenvalue weighted by Crippen LogP contribution is -2.40. The van der Waals surface area contributed by atoms with Crippen LogP contribution in [-0.4, -0.2) is 39.8 Å². The van der Waals surface area contributed by atoms with Gasteiger partial charge in [-0.05, 0) is 37.0 Å². The second kappa shape index (κ2) is 7.65. The first-order chi connectivity index (χ1) is 12.0. The maximum absolute atomic E-state index is 13.4. The fourth-order valence-electron chi connectivity index (χ4n) is 3.43. The number of ether oxygens (including phenoxy) is 1. The quantitative estimate of drug-likeness (QED) is 0.831. The zero-order valence-corrected chi connectivity index (χ0v) is 14.1. The largest absolute Gasteiger partial charge is 0.496 e. The molecule has 1 aliphatic rings. The number of amides is 1. The van der Waals surface area contributed by atoms with Crippen LogP contribution in [0.25, 0.3) is 0 Å². The van der Waals surface area contributed by atoms with E-state index >= 15 is 0 Å². The summed E-state index contributed by atoms with van der Waals surface area (Å²) in [5.74, 6) is 0.0841. The number of aliphatic hydroxyl groups excluding tert-OH is 1. The van der Waals surface area contributed by atoms with E-state index in [0.717, 1.165) is 6.54 Å². The van der Waals surface area contributed by atoms with Crippen molar-refractivity contribution in [2.45, 2.75) is 38.0 Å². The Balaban J connectivity index is 1.57. The highest BCUT2D eigenvalue weighted by Crippen LogP contribution is 2.28. The van der Waals surface area contributed by atoms with Crippen LogP contribution in [-0.2, 0) is 17.8 Å². The molecule has 7 heteroatoms. The van der Waals surface area contributed by atoms with Crippen molar-refractivity contribution in [3.8, 4) is 5.75 Å². The minimum Gasteiger partial charge on any atom is -0.496 e. The summed E-state index contributed by atoms with van der Waals surface area (Å²) in [7, 11) is 1.48. The minimum absolute atomic E-state index is 0.0103. The molecular weight excluding hydrogens is 325 g/mol. The Morgan fingerprint density at radius 3 is 3.04 bits per heavy atom. The molecule has 1 unspecified atom stereocenters. The van der Waals surface area contributed by atoms with Crippen LogP contribution in [0.4, 0.5) is 4.39 Å². The van der Waals surface area contributed by atoms with E-state index in [1.54, 1.807) is 12.5 Å². The zero-order valence-electron chi connectivity index (χ0n) is 14.1. The van der Waals surface area contributed by atoms with Crippen molar-refractivity contribution in [3.05, 3.63) is 48.3 Å². The summed E-state index contributed by atoms with van der Waals surface area (Å²) in [4.78, 5) is 16.3. The van der Waals surface area contributed by atoms with Crippen molar-refractivity contribution < 1.29 is 19.0 Å². The van der Waals surface area contributed by atoms with Crippen LogP contribution in [0, 0.1) is 11.7 Å². The van der Waals surface area contributed by atoms with Crippen molar-refractivity contribution in [2.24, 2.45) is 5.92 Å². The number of nitrogens with zero attached hydrogens (tertiary/aromatic N) is 2. The van der Waals surface area contributed by atoms with Crippen LogP contribution in [0.2, 0.25) is 0 Å². The van der Waals surface area contributed by atoms with Crippen LogP contribution < -0.4 is 10.1 Å². The Bertz CT molecular complexity index is 720. The molecule has 6 nitrogen and oxygen atoms in total. The number of nitrogens with one attached hydrogen (secondary N) is 1. The molecule has 2 aromatic rings. The predicted molar refractivity (Wildman–Crippen MR) is 89.5 cm³/mol. The number of hydrogen-bond donors (Lipinski definition) is 2. The fourth-order valence-corrected chi connectivity index (χ4v) is 3.43. The lowest BCUT2D eigenvalue weighted by Gasteiger charge is -2.17. The molecule has 1 heterocycles. The standard InChI is InChI=1S/C18H22FN3O3/c1-25-17-3-2-14(19)8-13(17)9-18(24)21-15-6-12(7-16(15)23)10-22-5-4-20-11-22/h2-5,8,11-12,15-16,23H,6-7,9-10H2,1H3,(H,21,24)/t12?,15-,16-/m1/s1. The molecular formula is C18H22FN3O3. The number of benzene rings is 1. The van der Waals surface area contributed by atoms with Gasteiger partial charge in [-0.1, -0.05) is 0 Å². The summed E-state index contributed by atoms with van der Waals surface area (Å²) in [6.45, 7) is 0.765.